The maximum Gasteiger partial charge on any atom is 0.240 e. The normalized spacial score (nSPS) is 15.4. The number of rotatable bonds is 18. The van der Waals surface area contributed by atoms with Gasteiger partial charge in [0.2, 0.25) is 29.3 Å². The zero-order valence-corrected chi connectivity index (χ0v) is 27.2. The molecule has 2 aromatic heterocycles. The summed E-state index contributed by atoms with van der Waals surface area (Å²) >= 11 is 0. The maximum absolute atomic E-state index is 14.3. The second kappa shape index (κ2) is 15.9. The monoisotopic (exact) mass is 595 g/mol. The fourth-order valence-electron chi connectivity index (χ4n) is 5.22. The molecule has 0 spiro atoms. The first-order valence-corrected chi connectivity index (χ1v) is 15.5. The molecule has 0 radical (unpaired) electrons. The highest BCUT2D eigenvalue weighted by atomic mass is 19.1. The molecular weight excluding hydrogens is 545 g/mol. The number of aromatic nitrogens is 4. The van der Waals surface area contributed by atoms with E-state index in [0.29, 0.717) is 36.5 Å². The minimum atomic E-state index is -0.965. The van der Waals surface area contributed by atoms with Gasteiger partial charge in [-0.3, -0.25) is 0 Å². The Morgan fingerprint density at radius 2 is 1.70 bits per heavy atom. The van der Waals surface area contributed by atoms with Gasteiger partial charge in [0.05, 0.1) is 11.5 Å². The molecule has 0 unspecified atom stereocenters. The molecule has 0 bridgehead atoms. The SMILES string of the molecule is C=C(C)C[C@@H](C)C[C@H](CCC)Oc1cc(O[C@@H](C)[C@@H](C)C[C@@H](F)CNC)nc(-c2noc(C(C)(C)c3ccccc3)n2)n1. The van der Waals surface area contributed by atoms with Gasteiger partial charge in [-0.2, -0.15) is 15.0 Å². The van der Waals surface area contributed by atoms with Gasteiger partial charge >= 0.3 is 0 Å². The third-order valence-corrected chi connectivity index (χ3v) is 7.76. The zero-order valence-electron chi connectivity index (χ0n) is 27.2. The minimum Gasteiger partial charge on any atom is -0.474 e. The summed E-state index contributed by atoms with van der Waals surface area (Å²) in [5, 5.41) is 7.13. The summed E-state index contributed by atoms with van der Waals surface area (Å²) in [6.45, 7) is 18.7. The lowest BCUT2D eigenvalue weighted by Crippen LogP contribution is -2.28. The van der Waals surface area contributed by atoms with Crippen molar-refractivity contribution < 1.29 is 18.4 Å². The van der Waals surface area contributed by atoms with Crippen LogP contribution in [0.1, 0.15) is 92.0 Å². The molecule has 3 rings (SSSR count). The maximum atomic E-state index is 14.3. The Bertz CT molecular complexity index is 1280. The summed E-state index contributed by atoms with van der Waals surface area (Å²) in [5.41, 5.74) is 1.68. The van der Waals surface area contributed by atoms with Crippen molar-refractivity contribution in [3.05, 3.63) is 60.0 Å². The van der Waals surface area contributed by atoms with Gasteiger partial charge in [-0.05, 0) is 77.8 Å². The van der Waals surface area contributed by atoms with Crippen LogP contribution in [0.3, 0.4) is 0 Å². The molecule has 236 valence electrons. The van der Waals surface area contributed by atoms with Crippen molar-refractivity contribution in [3.63, 3.8) is 0 Å². The Balaban J connectivity index is 1.93. The Morgan fingerprint density at radius 3 is 2.33 bits per heavy atom. The van der Waals surface area contributed by atoms with Crippen LogP contribution in [0, 0.1) is 11.8 Å². The van der Waals surface area contributed by atoms with Gasteiger partial charge in [-0.1, -0.05) is 68.3 Å². The van der Waals surface area contributed by atoms with Gasteiger partial charge in [-0.15, -0.1) is 6.58 Å². The number of alkyl halides is 1. The topological polar surface area (TPSA) is 95.2 Å². The number of allylic oxidation sites excluding steroid dienone is 1. The molecule has 1 aromatic carbocycles. The lowest BCUT2D eigenvalue weighted by Gasteiger charge is -2.24. The van der Waals surface area contributed by atoms with Gasteiger partial charge in [0.25, 0.3) is 0 Å². The number of ether oxygens (including phenoxy) is 2. The fourth-order valence-corrected chi connectivity index (χ4v) is 5.22. The number of benzene rings is 1. The molecule has 43 heavy (non-hydrogen) atoms. The van der Waals surface area contributed by atoms with Crippen LogP contribution in [-0.2, 0) is 5.41 Å². The molecule has 0 fully saturated rings. The summed E-state index contributed by atoms with van der Waals surface area (Å²) < 4.78 is 32.8. The van der Waals surface area contributed by atoms with Crippen LogP contribution in [0.4, 0.5) is 4.39 Å². The molecular formula is C34H50FN5O3. The van der Waals surface area contributed by atoms with Crippen LogP contribution in [0.25, 0.3) is 11.6 Å². The molecule has 3 aromatic rings. The lowest BCUT2D eigenvalue weighted by molar-refractivity contribution is 0.123. The van der Waals surface area contributed by atoms with E-state index in [0.717, 1.165) is 36.8 Å². The van der Waals surface area contributed by atoms with Gasteiger partial charge in [0, 0.05) is 6.54 Å². The third-order valence-electron chi connectivity index (χ3n) is 7.76. The second-order valence-corrected chi connectivity index (χ2v) is 12.5. The predicted molar refractivity (Wildman–Crippen MR) is 169 cm³/mol. The summed E-state index contributed by atoms with van der Waals surface area (Å²) in [6, 6.07) is 11.7. The van der Waals surface area contributed by atoms with Crippen molar-refractivity contribution in [3.8, 4) is 23.4 Å². The number of halogens is 1. The Hall–Kier alpha value is -3.33. The van der Waals surface area contributed by atoms with Crippen LogP contribution in [0.2, 0.25) is 0 Å². The highest BCUT2D eigenvalue weighted by Crippen LogP contribution is 2.32. The minimum absolute atomic E-state index is 0.0435. The molecule has 2 heterocycles. The highest BCUT2D eigenvalue weighted by Gasteiger charge is 2.31. The number of hydrogen-bond donors (Lipinski definition) is 1. The zero-order chi connectivity index (χ0) is 31.6. The molecule has 0 saturated heterocycles. The summed E-state index contributed by atoms with van der Waals surface area (Å²) in [4.78, 5) is 14.1. The average Bonchev–Trinajstić information content (AvgIpc) is 3.45. The van der Waals surface area contributed by atoms with Crippen molar-refractivity contribution >= 4 is 0 Å². The molecule has 1 N–H and O–H groups in total. The number of nitrogens with zero attached hydrogens (tertiary/aromatic N) is 4. The van der Waals surface area contributed by atoms with E-state index in [1.165, 1.54) is 0 Å². The van der Waals surface area contributed by atoms with Crippen LogP contribution in [0.15, 0.2) is 53.1 Å². The van der Waals surface area contributed by atoms with Gasteiger partial charge in [0.1, 0.15) is 18.4 Å². The van der Waals surface area contributed by atoms with Crippen molar-refractivity contribution in [2.24, 2.45) is 11.8 Å². The Morgan fingerprint density at radius 1 is 1.02 bits per heavy atom. The molecule has 0 saturated carbocycles. The lowest BCUT2D eigenvalue weighted by atomic mass is 9.84. The van der Waals surface area contributed by atoms with E-state index in [9.17, 15) is 4.39 Å². The van der Waals surface area contributed by atoms with E-state index in [1.54, 1.807) is 13.1 Å². The Labute approximate surface area is 256 Å². The first-order valence-electron chi connectivity index (χ1n) is 15.5. The largest absolute Gasteiger partial charge is 0.474 e. The van der Waals surface area contributed by atoms with E-state index in [2.05, 4.69) is 42.8 Å². The molecule has 0 aliphatic heterocycles. The van der Waals surface area contributed by atoms with Crippen molar-refractivity contribution in [1.29, 1.82) is 0 Å². The quantitative estimate of drug-likeness (QED) is 0.149. The van der Waals surface area contributed by atoms with E-state index in [1.807, 2.05) is 58.0 Å². The predicted octanol–water partition coefficient (Wildman–Crippen LogP) is 7.74. The molecule has 9 heteroatoms. The van der Waals surface area contributed by atoms with Gasteiger partial charge < -0.3 is 19.3 Å². The smallest absolute Gasteiger partial charge is 0.240 e. The van der Waals surface area contributed by atoms with Crippen molar-refractivity contribution in [1.82, 2.24) is 25.4 Å². The summed E-state index contributed by atoms with van der Waals surface area (Å²) in [7, 11) is 1.75. The first kappa shape index (κ1) is 34.2. The average molecular weight is 596 g/mol. The van der Waals surface area contributed by atoms with E-state index >= 15 is 0 Å². The fraction of sp³-hybridized carbons (Fsp3) is 0.588. The second-order valence-electron chi connectivity index (χ2n) is 12.5. The molecule has 0 aliphatic rings. The van der Waals surface area contributed by atoms with E-state index in [-0.39, 0.29) is 29.8 Å². The highest BCUT2D eigenvalue weighted by molar-refractivity contribution is 5.46. The van der Waals surface area contributed by atoms with Crippen LogP contribution in [0.5, 0.6) is 11.8 Å². The van der Waals surface area contributed by atoms with Gasteiger partial charge in [-0.25, -0.2) is 4.39 Å². The first-order chi connectivity index (χ1) is 20.4. The molecule has 5 atom stereocenters. The Kier molecular flexibility index (Phi) is 12.7. The van der Waals surface area contributed by atoms with Crippen LogP contribution >= 0.6 is 0 Å². The van der Waals surface area contributed by atoms with Gasteiger partial charge in [0.15, 0.2) is 0 Å². The molecule has 0 amide bonds. The number of nitrogens with one attached hydrogen (secondary N) is 1. The number of hydrogen-bond acceptors (Lipinski definition) is 8. The van der Waals surface area contributed by atoms with Crippen LogP contribution in [-0.4, -0.2) is 52.1 Å². The van der Waals surface area contributed by atoms with Crippen molar-refractivity contribution in [2.45, 2.75) is 104 Å². The van der Waals surface area contributed by atoms with E-state index in [4.69, 9.17) is 24.0 Å². The standard InChI is InChI=1S/C34H50FN5O3/c1-10-14-28(18-23(4)17-22(2)3)42-30-20-29(41-25(6)24(5)19-27(35)21-36-9)37-31(38-30)32-39-33(43-40-32)34(7,8)26-15-12-11-13-16-26/h11-13,15-16,20,23-25,27-28,36H,2,10,14,17-19,21H2,1,3-9H3/t23-,24+,25+,27-,28+/m1/s1. The van der Waals surface area contributed by atoms with Crippen LogP contribution < -0.4 is 14.8 Å². The van der Waals surface area contributed by atoms with Crippen molar-refractivity contribution in [2.75, 3.05) is 13.6 Å². The summed E-state index contributed by atoms with van der Waals surface area (Å²) in [6.07, 6.45) is 2.71. The third kappa shape index (κ3) is 10.1. The van der Waals surface area contributed by atoms with E-state index < -0.39 is 11.6 Å². The summed E-state index contributed by atoms with van der Waals surface area (Å²) in [5.74, 6) is 2.01. The molecule has 8 nitrogen and oxygen atoms in total. The molecule has 0 aliphatic carbocycles.